The van der Waals surface area contributed by atoms with Crippen molar-refractivity contribution in [2.24, 2.45) is 5.92 Å². The SMILES string of the molecule is CN(C(=O)C1CCCN(C(=O)Nc2ccccc2)C1)C1CCC(c2ccccc2)CC1. The molecule has 1 atom stereocenters. The van der Waals surface area contributed by atoms with Gasteiger partial charge in [-0.2, -0.15) is 0 Å². The van der Waals surface area contributed by atoms with E-state index in [9.17, 15) is 9.59 Å². The van der Waals surface area contributed by atoms with E-state index in [2.05, 4.69) is 35.6 Å². The number of para-hydroxylation sites is 1. The Morgan fingerprint density at radius 1 is 0.903 bits per heavy atom. The summed E-state index contributed by atoms with van der Waals surface area (Å²) in [4.78, 5) is 29.7. The van der Waals surface area contributed by atoms with Gasteiger partial charge in [-0.1, -0.05) is 48.5 Å². The molecular weight excluding hydrogens is 386 g/mol. The largest absolute Gasteiger partial charge is 0.342 e. The van der Waals surface area contributed by atoms with Gasteiger partial charge in [-0.25, -0.2) is 4.79 Å². The van der Waals surface area contributed by atoms with Crippen LogP contribution in [-0.4, -0.2) is 47.9 Å². The second kappa shape index (κ2) is 9.99. The van der Waals surface area contributed by atoms with Gasteiger partial charge in [0.25, 0.3) is 0 Å². The highest BCUT2D eigenvalue weighted by Crippen LogP contribution is 2.35. The van der Waals surface area contributed by atoms with Gasteiger partial charge in [-0.15, -0.1) is 0 Å². The summed E-state index contributed by atoms with van der Waals surface area (Å²) in [6, 6.07) is 20.4. The zero-order valence-corrected chi connectivity index (χ0v) is 18.4. The second-order valence-electron chi connectivity index (χ2n) is 8.95. The topological polar surface area (TPSA) is 52.7 Å². The summed E-state index contributed by atoms with van der Waals surface area (Å²) in [7, 11) is 1.96. The Morgan fingerprint density at radius 2 is 1.55 bits per heavy atom. The number of hydrogen-bond acceptors (Lipinski definition) is 2. The number of nitrogens with zero attached hydrogens (tertiary/aromatic N) is 2. The standard InChI is InChI=1S/C26H33N3O2/c1-28(24-16-14-21(15-17-24)20-9-4-2-5-10-20)25(30)22-11-8-18-29(19-22)26(31)27-23-12-6-3-7-13-23/h2-7,9-10,12-13,21-22,24H,8,11,14-19H2,1H3,(H,27,31). The average Bonchev–Trinajstić information content (AvgIpc) is 2.84. The lowest BCUT2D eigenvalue weighted by Crippen LogP contribution is -2.49. The molecule has 2 aromatic rings. The molecule has 2 aromatic carbocycles. The first kappa shape index (κ1) is 21.4. The van der Waals surface area contributed by atoms with Gasteiger partial charge in [0, 0.05) is 31.9 Å². The molecule has 0 spiro atoms. The Balaban J connectivity index is 1.30. The quantitative estimate of drug-likeness (QED) is 0.748. The fourth-order valence-electron chi connectivity index (χ4n) is 5.08. The molecule has 0 radical (unpaired) electrons. The number of piperidine rings is 1. The van der Waals surface area contributed by atoms with E-state index < -0.39 is 0 Å². The number of carbonyl (C=O) groups is 2. The molecule has 5 heteroatoms. The number of carbonyl (C=O) groups excluding carboxylic acids is 2. The maximum Gasteiger partial charge on any atom is 0.321 e. The lowest BCUT2D eigenvalue weighted by Gasteiger charge is -2.39. The summed E-state index contributed by atoms with van der Waals surface area (Å²) < 4.78 is 0. The molecule has 31 heavy (non-hydrogen) atoms. The van der Waals surface area contributed by atoms with E-state index in [1.807, 2.05) is 42.3 Å². The van der Waals surface area contributed by atoms with E-state index in [1.165, 1.54) is 5.56 Å². The van der Waals surface area contributed by atoms with Gasteiger partial charge < -0.3 is 15.1 Å². The Bertz CT molecular complexity index is 863. The zero-order valence-electron chi connectivity index (χ0n) is 18.4. The minimum absolute atomic E-state index is 0.105. The van der Waals surface area contributed by atoms with Crippen LogP contribution in [0, 0.1) is 5.92 Å². The van der Waals surface area contributed by atoms with Crippen molar-refractivity contribution in [3.05, 3.63) is 66.2 Å². The van der Waals surface area contributed by atoms with E-state index in [0.29, 0.717) is 25.0 Å². The van der Waals surface area contributed by atoms with Gasteiger partial charge >= 0.3 is 6.03 Å². The maximum absolute atomic E-state index is 13.2. The first-order chi connectivity index (χ1) is 15.1. The molecule has 2 aliphatic rings. The van der Waals surface area contributed by atoms with Gasteiger partial charge in [-0.05, 0) is 62.1 Å². The van der Waals surface area contributed by atoms with Crippen molar-refractivity contribution in [3.63, 3.8) is 0 Å². The van der Waals surface area contributed by atoms with Crippen LogP contribution >= 0.6 is 0 Å². The molecule has 1 N–H and O–H groups in total. The number of anilines is 1. The number of likely N-dealkylation sites (tertiary alicyclic amines) is 1. The van der Waals surface area contributed by atoms with E-state index in [1.54, 1.807) is 4.90 Å². The highest BCUT2D eigenvalue weighted by molar-refractivity contribution is 5.90. The van der Waals surface area contributed by atoms with Crippen molar-refractivity contribution in [1.29, 1.82) is 0 Å². The molecule has 3 amide bonds. The molecule has 164 valence electrons. The number of amides is 3. The molecular formula is C26H33N3O2. The molecule has 0 aromatic heterocycles. The van der Waals surface area contributed by atoms with E-state index in [0.717, 1.165) is 44.2 Å². The van der Waals surface area contributed by atoms with Crippen molar-refractivity contribution in [2.45, 2.75) is 50.5 Å². The predicted octanol–water partition coefficient (Wildman–Crippen LogP) is 5.12. The normalized spacial score (nSPS) is 23.8. The summed E-state index contributed by atoms with van der Waals surface area (Å²) in [5.74, 6) is 0.695. The Kier molecular flexibility index (Phi) is 6.90. The fourth-order valence-corrected chi connectivity index (χ4v) is 5.08. The van der Waals surface area contributed by atoms with Crippen molar-refractivity contribution in [2.75, 3.05) is 25.5 Å². The molecule has 0 bridgehead atoms. The number of rotatable bonds is 4. The summed E-state index contributed by atoms with van der Waals surface area (Å²) in [5, 5.41) is 2.95. The summed E-state index contributed by atoms with van der Waals surface area (Å²) in [6.45, 7) is 1.20. The van der Waals surface area contributed by atoms with Crippen LogP contribution in [0.2, 0.25) is 0 Å². The molecule has 1 saturated carbocycles. The summed E-state index contributed by atoms with van der Waals surface area (Å²) in [6.07, 6.45) is 6.08. The third-order valence-corrected chi connectivity index (χ3v) is 6.95. The molecule has 1 aliphatic carbocycles. The van der Waals surface area contributed by atoms with E-state index in [4.69, 9.17) is 0 Å². The van der Waals surface area contributed by atoms with Gasteiger partial charge in [0.05, 0.1) is 5.92 Å². The van der Waals surface area contributed by atoms with E-state index >= 15 is 0 Å². The number of nitrogens with one attached hydrogen (secondary N) is 1. The summed E-state index contributed by atoms with van der Waals surface area (Å²) >= 11 is 0. The smallest absolute Gasteiger partial charge is 0.321 e. The van der Waals surface area contributed by atoms with Crippen LogP contribution in [0.5, 0.6) is 0 Å². The summed E-state index contributed by atoms with van der Waals surface area (Å²) in [5.41, 5.74) is 2.20. The van der Waals surface area contributed by atoms with Crippen LogP contribution in [0.1, 0.15) is 50.0 Å². The fraction of sp³-hybridized carbons (Fsp3) is 0.462. The van der Waals surface area contributed by atoms with Crippen molar-refractivity contribution >= 4 is 17.6 Å². The lowest BCUT2D eigenvalue weighted by atomic mass is 9.81. The average molecular weight is 420 g/mol. The first-order valence-electron chi connectivity index (χ1n) is 11.5. The van der Waals surface area contributed by atoms with Crippen LogP contribution in [0.3, 0.4) is 0 Å². The zero-order chi connectivity index (χ0) is 21.6. The van der Waals surface area contributed by atoms with Crippen molar-refractivity contribution in [3.8, 4) is 0 Å². The molecule has 1 saturated heterocycles. The molecule has 5 nitrogen and oxygen atoms in total. The molecule has 4 rings (SSSR count). The van der Waals surface area contributed by atoms with Crippen LogP contribution in [-0.2, 0) is 4.79 Å². The maximum atomic E-state index is 13.2. The van der Waals surface area contributed by atoms with Gasteiger partial charge in [0.1, 0.15) is 0 Å². The number of benzene rings is 2. The van der Waals surface area contributed by atoms with Crippen LogP contribution in [0.25, 0.3) is 0 Å². The van der Waals surface area contributed by atoms with Crippen LogP contribution in [0.4, 0.5) is 10.5 Å². The Labute approximate surface area is 185 Å². The number of urea groups is 1. The molecule has 1 unspecified atom stereocenters. The first-order valence-corrected chi connectivity index (χ1v) is 11.5. The van der Waals surface area contributed by atoms with Crippen molar-refractivity contribution < 1.29 is 9.59 Å². The Hall–Kier alpha value is -2.82. The van der Waals surface area contributed by atoms with Gasteiger partial charge in [0.2, 0.25) is 5.91 Å². The van der Waals surface area contributed by atoms with Crippen LogP contribution in [0.15, 0.2) is 60.7 Å². The number of hydrogen-bond donors (Lipinski definition) is 1. The van der Waals surface area contributed by atoms with Gasteiger partial charge in [0.15, 0.2) is 0 Å². The lowest BCUT2D eigenvalue weighted by molar-refractivity contribution is -0.138. The van der Waals surface area contributed by atoms with Crippen LogP contribution < -0.4 is 5.32 Å². The molecule has 1 heterocycles. The second-order valence-corrected chi connectivity index (χ2v) is 8.95. The van der Waals surface area contributed by atoms with Gasteiger partial charge in [-0.3, -0.25) is 4.79 Å². The third-order valence-electron chi connectivity index (χ3n) is 6.95. The predicted molar refractivity (Wildman–Crippen MR) is 124 cm³/mol. The van der Waals surface area contributed by atoms with E-state index in [-0.39, 0.29) is 17.9 Å². The molecule has 1 aliphatic heterocycles. The highest BCUT2D eigenvalue weighted by atomic mass is 16.2. The molecule has 2 fully saturated rings. The van der Waals surface area contributed by atoms with Crippen molar-refractivity contribution in [1.82, 2.24) is 9.80 Å². The highest BCUT2D eigenvalue weighted by Gasteiger charge is 2.34. The monoisotopic (exact) mass is 419 g/mol. The minimum atomic E-state index is -0.116. The third kappa shape index (κ3) is 5.27. The Morgan fingerprint density at radius 3 is 2.23 bits per heavy atom. The minimum Gasteiger partial charge on any atom is -0.342 e.